The van der Waals surface area contributed by atoms with E-state index in [0.717, 1.165) is 31.6 Å². The van der Waals surface area contributed by atoms with Gasteiger partial charge in [0.15, 0.2) is 8.32 Å². The van der Waals surface area contributed by atoms with Crippen molar-refractivity contribution < 1.29 is 14.6 Å². The Bertz CT molecular complexity index is 525. The lowest BCUT2D eigenvalue weighted by molar-refractivity contribution is -0.0287. The quantitative estimate of drug-likeness (QED) is 0.412. The van der Waals surface area contributed by atoms with Gasteiger partial charge in [-0.1, -0.05) is 53.9 Å². The first kappa shape index (κ1) is 25.4. The highest BCUT2D eigenvalue weighted by Gasteiger charge is 2.52. The largest absolute Gasteiger partial charge is 0.417 e. The molecule has 2 fully saturated rings. The van der Waals surface area contributed by atoms with Crippen LogP contribution in [0.2, 0.25) is 18.1 Å². The number of hydrogen-bond donors (Lipinski definition) is 2. The Hall–Kier alpha value is 0.0969. The highest BCUT2D eigenvalue weighted by Crippen LogP contribution is 2.58. The van der Waals surface area contributed by atoms with Gasteiger partial charge in [-0.2, -0.15) is 0 Å². The van der Waals surface area contributed by atoms with Gasteiger partial charge in [0.1, 0.15) is 0 Å². The van der Waals surface area contributed by atoms with Crippen LogP contribution in [0.3, 0.4) is 0 Å². The molecular weight excluding hydrogens is 376 g/mol. The number of aliphatic hydroxyl groups is 2. The van der Waals surface area contributed by atoms with Gasteiger partial charge in [0.05, 0.1) is 11.7 Å². The molecule has 0 aliphatic heterocycles. The van der Waals surface area contributed by atoms with Gasteiger partial charge in [-0.25, -0.2) is 0 Å². The molecule has 6 atom stereocenters. The summed E-state index contributed by atoms with van der Waals surface area (Å²) in [7, 11) is -1.73. The molecule has 0 aromatic rings. The van der Waals surface area contributed by atoms with E-state index in [1.165, 1.54) is 32.1 Å². The Morgan fingerprint density at radius 1 is 1.10 bits per heavy atom. The molecule has 0 aromatic carbocycles. The zero-order chi connectivity index (χ0) is 22.1. The van der Waals surface area contributed by atoms with Crippen molar-refractivity contribution in [3.05, 3.63) is 0 Å². The predicted octanol–water partition coefficient (Wildman–Crippen LogP) is 6.53. The summed E-state index contributed by atoms with van der Waals surface area (Å²) in [5.41, 5.74) is -0.304. The summed E-state index contributed by atoms with van der Waals surface area (Å²) in [6, 6.07) is 0. The molecule has 2 rings (SSSR count). The number of fused-ring (bicyclic) bond motifs is 1. The number of aliphatic hydroxyl groups excluding tert-OH is 1. The molecule has 0 amide bonds. The standard InChI is InChI=1S/C25H50O3Si/c1-19(20-13-14-21-22(26)12-10-16-25(20,21)6)11-9-15-24(5,27)17-18-28-29(7,8)23(2,3)4/h19-22,26-27H,9-18H2,1-8H3/t19-,20-,21+,22+,24-,25-/m1/s1. The van der Waals surface area contributed by atoms with E-state index in [2.05, 4.69) is 47.7 Å². The van der Waals surface area contributed by atoms with Crippen LogP contribution < -0.4 is 0 Å². The molecule has 0 saturated heterocycles. The van der Waals surface area contributed by atoms with Gasteiger partial charge in [-0.15, -0.1) is 0 Å². The third kappa shape index (κ3) is 6.08. The van der Waals surface area contributed by atoms with E-state index in [-0.39, 0.29) is 11.1 Å². The summed E-state index contributed by atoms with van der Waals surface area (Å²) in [6.07, 6.45) is 9.71. The summed E-state index contributed by atoms with van der Waals surface area (Å²) in [4.78, 5) is 0. The van der Waals surface area contributed by atoms with E-state index in [1.54, 1.807) is 0 Å². The summed E-state index contributed by atoms with van der Waals surface area (Å²) < 4.78 is 6.28. The topological polar surface area (TPSA) is 49.7 Å². The van der Waals surface area contributed by atoms with Crippen LogP contribution in [-0.4, -0.2) is 36.8 Å². The van der Waals surface area contributed by atoms with E-state index in [9.17, 15) is 10.2 Å². The average molecular weight is 427 g/mol. The van der Waals surface area contributed by atoms with Gasteiger partial charge in [0, 0.05) is 6.61 Å². The second-order valence-corrected chi connectivity index (χ2v) is 17.3. The van der Waals surface area contributed by atoms with Crippen molar-refractivity contribution in [1.29, 1.82) is 0 Å². The number of hydrogen-bond acceptors (Lipinski definition) is 3. The Morgan fingerprint density at radius 3 is 2.38 bits per heavy atom. The van der Waals surface area contributed by atoms with Gasteiger partial charge in [0.2, 0.25) is 0 Å². The summed E-state index contributed by atoms with van der Waals surface area (Å²) in [5.74, 6) is 1.92. The normalized spacial score (nSPS) is 33.9. The first-order valence-electron chi connectivity index (χ1n) is 12.2. The fraction of sp³-hybridized carbons (Fsp3) is 1.00. The molecule has 0 heterocycles. The second-order valence-electron chi connectivity index (χ2n) is 12.5. The van der Waals surface area contributed by atoms with Gasteiger partial charge in [0.25, 0.3) is 0 Å². The van der Waals surface area contributed by atoms with E-state index in [1.807, 2.05) is 6.92 Å². The maximum Gasteiger partial charge on any atom is 0.191 e. The van der Waals surface area contributed by atoms with Crippen LogP contribution in [0.25, 0.3) is 0 Å². The molecule has 0 aromatic heterocycles. The number of rotatable bonds is 9. The van der Waals surface area contributed by atoms with Crippen molar-refractivity contribution in [2.45, 2.75) is 129 Å². The van der Waals surface area contributed by atoms with Crippen molar-refractivity contribution in [3.63, 3.8) is 0 Å². The summed E-state index contributed by atoms with van der Waals surface area (Å²) in [5, 5.41) is 21.6. The van der Waals surface area contributed by atoms with Crippen LogP contribution in [0.4, 0.5) is 0 Å². The highest BCUT2D eigenvalue weighted by molar-refractivity contribution is 6.74. The maximum atomic E-state index is 10.9. The minimum atomic E-state index is -1.73. The molecule has 2 N–H and O–H groups in total. The molecule has 0 unspecified atom stereocenters. The lowest BCUT2D eigenvalue weighted by Gasteiger charge is -2.45. The van der Waals surface area contributed by atoms with Crippen LogP contribution in [0, 0.1) is 23.2 Å². The average Bonchev–Trinajstić information content (AvgIpc) is 2.91. The zero-order valence-electron chi connectivity index (χ0n) is 20.7. The summed E-state index contributed by atoms with van der Waals surface area (Å²) in [6.45, 7) is 18.9. The molecule has 0 bridgehead atoms. The van der Waals surface area contributed by atoms with Gasteiger partial charge in [-0.3, -0.25) is 0 Å². The van der Waals surface area contributed by atoms with E-state index in [4.69, 9.17) is 4.43 Å². The zero-order valence-corrected chi connectivity index (χ0v) is 21.7. The monoisotopic (exact) mass is 426 g/mol. The molecular formula is C25H50O3Si. The summed E-state index contributed by atoms with van der Waals surface area (Å²) >= 11 is 0. The van der Waals surface area contributed by atoms with E-state index < -0.39 is 13.9 Å². The third-order valence-electron chi connectivity index (χ3n) is 9.13. The van der Waals surface area contributed by atoms with Gasteiger partial charge < -0.3 is 14.6 Å². The van der Waals surface area contributed by atoms with Crippen LogP contribution in [0.5, 0.6) is 0 Å². The Labute approximate surface area is 182 Å². The molecule has 4 heteroatoms. The van der Waals surface area contributed by atoms with E-state index >= 15 is 0 Å². The maximum absolute atomic E-state index is 10.9. The fourth-order valence-electron chi connectivity index (χ4n) is 6.00. The molecule has 172 valence electrons. The van der Waals surface area contributed by atoms with Gasteiger partial charge >= 0.3 is 0 Å². The molecule has 0 spiro atoms. The minimum absolute atomic E-state index is 0.0763. The minimum Gasteiger partial charge on any atom is -0.417 e. The lowest BCUT2D eigenvalue weighted by Crippen LogP contribution is -2.42. The van der Waals surface area contributed by atoms with Crippen LogP contribution in [0.1, 0.15) is 99.3 Å². The lowest BCUT2D eigenvalue weighted by atomic mass is 9.61. The van der Waals surface area contributed by atoms with Gasteiger partial charge in [-0.05, 0) is 86.7 Å². The van der Waals surface area contributed by atoms with E-state index in [0.29, 0.717) is 23.9 Å². The van der Waals surface area contributed by atoms with Crippen molar-refractivity contribution in [2.75, 3.05) is 6.61 Å². The Morgan fingerprint density at radius 2 is 1.76 bits per heavy atom. The SMILES string of the molecule is C[C@H](CCC[C@@](C)(O)CCO[Si](C)(C)C(C)(C)C)[C@H]1CC[C@H]2[C@@H](O)CCC[C@]12C. The molecule has 3 nitrogen and oxygen atoms in total. The van der Waals surface area contributed by atoms with Crippen LogP contribution in [0.15, 0.2) is 0 Å². The second kappa shape index (κ2) is 9.30. The van der Waals surface area contributed by atoms with Crippen molar-refractivity contribution in [2.24, 2.45) is 23.2 Å². The first-order chi connectivity index (χ1) is 13.2. The Kier molecular flexibility index (Phi) is 8.13. The smallest absolute Gasteiger partial charge is 0.191 e. The van der Waals surface area contributed by atoms with Crippen LogP contribution in [-0.2, 0) is 4.43 Å². The molecule has 2 aliphatic carbocycles. The van der Waals surface area contributed by atoms with Crippen molar-refractivity contribution in [1.82, 2.24) is 0 Å². The fourth-order valence-corrected chi connectivity index (χ4v) is 7.04. The molecule has 2 aliphatic rings. The predicted molar refractivity (Wildman–Crippen MR) is 126 cm³/mol. The Balaban J connectivity index is 1.77. The molecule has 29 heavy (non-hydrogen) atoms. The highest BCUT2D eigenvalue weighted by atomic mass is 28.4. The molecule has 0 radical (unpaired) electrons. The third-order valence-corrected chi connectivity index (χ3v) is 13.7. The first-order valence-corrected chi connectivity index (χ1v) is 15.1. The van der Waals surface area contributed by atoms with Crippen molar-refractivity contribution >= 4 is 8.32 Å². The van der Waals surface area contributed by atoms with Crippen LogP contribution >= 0.6 is 0 Å². The van der Waals surface area contributed by atoms with Crippen molar-refractivity contribution in [3.8, 4) is 0 Å². The molecule has 2 saturated carbocycles.